The van der Waals surface area contributed by atoms with Crippen LogP contribution < -0.4 is 4.90 Å². The van der Waals surface area contributed by atoms with E-state index < -0.39 is 5.41 Å². The van der Waals surface area contributed by atoms with E-state index in [0.29, 0.717) is 5.92 Å². The van der Waals surface area contributed by atoms with Crippen molar-refractivity contribution in [2.75, 3.05) is 4.90 Å². The first kappa shape index (κ1) is 31.0. The van der Waals surface area contributed by atoms with E-state index in [0.717, 1.165) is 39.0 Å². The van der Waals surface area contributed by atoms with Crippen molar-refractivity contribution in [1.82, 2.24) is 0 Å². The molecule has 2 nitrogen and oxygen atoms in total. The highest BCUT2D eigenvalue weighted by Gasteiger charge is 2.51. The van der Waals surface area contributed by atoms with Gasteiger partial charge in [-0.15, -0.1) is 0 Å². The van der Waals surface area contributed by atoms with E-state index in [1.54, 1.807) is 5.56 Å². The highest BCUT2D eigenvalue weighted by atomic mass is 16.3. The van der Waals surface area contributed by atoms with Crippen LogP contribution in [0.25, 0.3) is 55.0 Å². The average Bonchev–Trinajstić information content (AvgIpc) is 3.77. The Morgan fingerprint density at radius 1 is 0.455 bits per heavy atom. The normalized spacial score (nSPS) is 17.1. The predicted molar refractivity (Wildman–Crippen MR) is 228 cm³/mol. The molecule has 9 aromatic rings. The molecule has 1 heterocycles. The second-order valence-corrected chi connectivity index (χ2v) is 15.8. The molecule has 55 heavy (non-hydrogen) atoms. The number of hydrogen-bond donors (Lipinski definition) is 0. The Morgan fingerprint density at radius 3 is 1.95 bits per heavy atom. The first-order valence-corrected chi connectivity index (χ1v) is 20.0. The molecule has 1 atom stereocenters. The zero-order chi connectivity index (χ0) is 36.1. The van der Waals surface area contributed by atoms with E-state index in [1.807, 2.05) is 6.07 Å². The van der Waals surface area contributed by atoms with Gasteiger partial charge >= 0.3 is 0 Å². The third-order valence-electron chi connectivity index (χ3n) is 13.0. The van der Waals surface area contributed by atoms with Crippen molar-refractivity contribution in [3.05, 3.63) is 198 Å². The van der Waals surface area contributed by atoms with Crippen molar-refractivity contribution in [3.8, 4) is 22.3 Å². The van der Waals surface area contributed by atoms with Crippen molar-refractivity contribution in [2.24, 2.45) is 0 Å². The van der Waals surface area contributed by atoms with Gasteiger partial charge in [-0.25, -0.2) is 0 Å². The Kier molecular flexibility index (Phi) is 6.66. The highest BCUT2D eigenvalue weighted by molar-refractivity contribution is 6.09. The van der Waals surface area contributed by atoms with Crippen molar-refractivity contribution >= 4 is 49.8 Å². The molecule has 2 heteroatoms. The van der Waals surface area contributed by atoms with Gasteiger partial charge in [-0.1, -0.05) is 141 Å². The van der Waals surface area contributed by atoms with Crippen LogP contribution in [0.2, 0.25) is 0 Å². The molecule has 3 aliphatic rings. The molecule has 3 aliphatic carbocycles. The van der Waals surface area contributed by atoms with Crippen molar-refractivity contribution in [1.29, 1.82) is 0 Å². The lowest BCUT2D eigenvalue weighted by Crippen LogP contribution is -2.34. The predicted octanol–water partition coefficient (Wildman–Crippen LogP) is 14.6. The maximum Gasteiger partial charge on any atom is 0.135 e. The first-order valence-electron chi connectivity index (χ1n) is 20.0. The van der Waals surface area contributed by atoms with E-state index in [4.69, 9.17) is 4.42 Å². The Balaban J connectivity index is 1.18. The number of nitrogens with zero attached hydrogens (tertiary/aromatic N) is 1. The fourth-order valence-electron chi connectivity index (χ4n) is 10.8. The van der Waals surface area contributed by atoms with Crippen molar-refractivity contribution in [2.45, 2.75) is 43.4 Å². The number of para-hydroxylation sites is 2. The molecular weight excluding hydrogens is 667 g/mol. The van der Waals surface area contributed by atoms with Gasteiger partial charge in [0.1, 0.15) is 11.2 Å². The molecule has 1 aromatic heterocycles. The zero-order valence-corrected chi connectivity index (χ0v) is 30.6. The fraction of sp³-hybridized carbons (Fsp3) is 0.132. The highest BCUT2D eigenvalue weighted by Crippen LogP contribution is 2.64. The van der Waals surface area contributed by atoms with Crippen LogP contribution >= 0.6 is 0 Å². The maximum absolute atomic E-state index is 6.30. The summed E-state index contributed by atoms with van der Waals surface area (Å²) in [6.07, 6.45) is 6.43. The summed E-state index contributed by atoms with van der Waals surface area (Å²) in [7, 11) is 0. The summed E-state index contributed by atoms with van der Waals surface area (Å²) >= 11 is 0. The van der Waals surface area contributed by atoms with Gasteiger partial charge in [0.2, 0.25) is 0 Å². The van der Waals surface area contributed by atoms with Crippen LogP contribution in [0, 0.1) is 0 Å². The fourth-order valence-corrected chi connectivity index (χ4v) is 10.8. The number of furan rings is 1. The van der Waals surface area contributed by atoms with Crippen LogP contribution in [0.5, 0.6) is 0 Å². The molecule has 0 radical (unpaired) electrons. The standard InChI is InChI=1S/C53H39NO/c1-3-14-34(15-4-1)39-29-26-35-16-13-22-44-41-20-8-11-24-47(41)53(52(39)51(35)44)46-23-10-7-19-40(46)42-30-27-38(33-48(42)53)54(36-17-5-2-6-18-36)37-28-31-50-45(32-37)43-21-9-12-25-49(43)55-50/h2,5-13,16-34H,1,3-4,14-15H2. The van der Waals surface area contributed by atoms with Crippen molar-refractivity contribution < 1.29 is 4.42 Å². The number of rotatable bonds is 4. The summed E-state index contributed by atoms with van der Waals surface area (Å²) in [6, 6.07) is 63.6. The summed E-state index contributed by atoms with van der Waals surface area (Å²) < 4.78 is 6.30. The number of fused-ring (bicyclic) bond motifs is 12. The number of hydrogen-bond acceptors (Lipinski definition) is 2. The van der Waals surface area contributed by atoms with Crippen molar-refractivity contribution in [3.63, 3.8) is 0 Å². The molecule has 0 amide bonds. The molecule has 0 N–H and O–H groups in total. The largest absolute Gasteiger partial charge is 0.456 e. The minimum absolute atomic E-state index is 0.480. The lowest BCUT2D eigenvalue weighted by Gasteiger charge is -2.43. The third kappa shape index (κ3) is 4.31. The van der Waals surface area contributed by atoms with E-state index in [1.165, 1.54) is 87.4 Å². The number of benzene rings is 8. The molecule has 1 unspecified atom stereocenters. The van der Waals surface area contributed by atoms with Crippen LogP contribution in [0.15, 0.2) is 174 Å². The van der Waals surface area contributed by atoms with Crippen LogP contribution in [-0.4, -0.2) is 0 Å². The molecular formula is C53H39NO. The average molecular weight is 706 g/mol. The second-order valence-electron chi connectivity index (χ2n) is 15.8. The van der Waals surface area contributed by atoms with Gasteiger partial charge in [0.15, 0.2) is 0 Å². The van der Waals surface area contributed by atoms with Gasteiger partial charge in [0.05, 0.1) is 5.41 Å². The lowest BCUT2D eigenvalue weighted by molar-refractivity contribution is 0.440. The molecule has 0 bridgehead atoms. The molecule has 0 saturated heterocycles. The maximum atomic E-state index is 6.30. The SMILES string of the molecule is c1ccc(N(c2ccc3c(c2)C2(c4ccccc4-3)c3ccccc3-c3cccc4ccc(C5CCCCC5)c2c34)c2ccc3oc4ccccc4c3c2)cc1. The smallest absolute Gasteiger partial charge is 0.135 e. The van der Waals surface area contributed by atoms with Gasteiger partial charge in [-0.2, -0.15) is 0 Å². The summed E-state index contributed by atoms with van der Waals surface area (Å²) in [5.74, 6) is 0.542. The van der Waals surface area contributed by atoms with Crippen LogP contribution in [-0.2, 0) is 5.41 Å². The Hall–Kier alpha value is -6.38. The van der Waals surface area contributed by atoms with Crippen LogP contribution in [0.3, 0.4) is 0 Å². The quantitative estimate of drug-likeness (QED) is 0.181. The zero-order valence-electron chi connectivity index (χ0n) is 30.6. The van der Waals surface area contributed by atoms with E-state index in [2.05, 4.69) is 169 Å². The third-order valence-corrected chi connectivity index (χ3v) is 13.0. The van der Waals surface area contributed by atoms with E-state index >= 15 is 0 Å². The van der Waals surface area contributed by atoms with Gasteiger partial charge in [-0.3, -0.25) is 0 Å². The molecule has 262 valence electrons. The van der Waals surface area contributed by atoms with Gasteiger partial charge in [0.25, 0.3) is 0 Å². The lowest BCUT2D eigenvalue weighted by atomic mass is 9.59. The topological polar surface area (TPSA) is 16.4 Å². The molecule has 1 fully saturated rings. The summed E-state index contributed by atoms with van der Waals surface area (Å²) in [6.45, 7) is 0. The Labute approximate surface area is 321 Å². The van der Waals surface area contributed by atoms with E-state index in [9.17, 15) is 0 Å². The minimum atomic E-state index is -0.480. The minimum Gasteiger partial charge on any atom is -0.456 e. The molecule has 0 aliphatic heterocycles. The summed E-state index contributed by atoms with van der Waals surface area (Å²) in [4.78, 5) is 2.43. The molecule has 8 aromatic carbocycles. The van der Waals surface area contributed by atoms with Gasteiger partial charge in [-0.05, 0) is 128 Å². The van der Waals surface area contributed by atoms with Crippen LogP contribution in [0.1, 0.15) is 65.8 Å². The van der Waals surface area contributed by atoms with Gasteiger partial charge < -0.3 is 9.32 Å². The summed E-state index contributed by atoms with van der Waals surface area (Å²) in [5, 5.41) is 5.02. The van der Waals surface area contributed by atoms with E-state index in [-0.39, 0.29) is 0 Å². The Morgan fingerprint density at radius 2 is 1.11 bits per heavy atom. The second kappa shape index (κ2) is 11.8. The first-order chi connectivity index (χ1) is 27.3. The molecule has 1 saturated carbocycles. The number of anilines is 3. The summed E-state index contributed by atoms with van der Waals surface area (Å²) in [5.41, 5.74) is 17.3. The van der Waals surface area contributed by atoms with Crippen LogP contribution in [0.4, 0.5) is 17.1 Å². The van der Waals surface area contributed by atoms with Gasteiger partial charge in [0, 0.05) is 27.8 Å². The molecule has 12 rings (SSSR count). The monoisotopic (exact) mass is 705 g/mol. The Bertz CT molecular complexity index is 2980. The molecule has 1 spiro atoms.